The molecule has 1 aliphatic rings. The molecule has 1 unspecified atom stereocenters. The summed E-state index contributed by atoms with van der Waals surface area (Å²) in [5.41, 5.74) is 1.73. The molecule has 1 aliphatic heterocycles. The van der Waals surface area contributed by atoms with Gasteiger partial charge >= 0.3 is 0 Å². The molecule has 1 aromatic carbocycles. The normalized spacial score (nSPS) is 17.1. The van der Waals surface area contributed by atoms with E-state index in [0.717, 1.165) is 21.9 Å². The van der Waals surface area contributed by atoms with Gasteiger partial charge in [-0.3, -0.25) is 4.79 Å². The lowest BCUT2D eigenvalue weighted by Crippen LogP contribution is -2.23. The van der Waals surface area contributed by atoms with Crippen LogP contribution in [0.4, 0.5) is 0 Å². The van der Waals surface area contributed by atoms with Crippen LogP contribution in [-0.2, 0) is 4.79 Å². The average molecular weight is 330 g/mol. The van der Waals surface area contributed by atoms with Gasteiger partial charge in [-0.15, -0.1) is 11.3 Å². The topological polar surface area (TPSA) is 51.1 Å². The fourth-order valence-electron chi connectivity index (χ4n) is 2.70. The molecule has 1 atom stereocenters. The van der Waals surface area contributed by atoms with E-state index in [9.17, 15) is 4.79 Å². The summed E-state index contributed by atoms with van der Waals surface area (Å²) in [7, 11) is 3.24. The summed E-state index contributed by atoms with van der Waals surface area (Å²) in [6.45, 7) is 1.54. The minimum Gasteiger partial charge on any atom is -0.497 e. The number of rotatable bonds is 4. The molecule has 1 amide bonds. The van der Waals surface area contributed by atoms with Crippen molar-refractivity contribution in [2.24, 2.45) is 5.10 Å². The minimum absolute atomic E-state index is 0.0469. The molecule has 0 saturated carbocycles. The Morgan fingerprint density at radius 2 is 2.13 bits per heavy atom. The van der Waals surface area contributed by atoms with E-state index in [1.807, 2.05) is 35.7 Å². The molecule has 3 rings (SSSR count). The number of hydrogen-bond donors (Lipinski definition) is 0. The number of carbonyl (C=O) groups excluding carboxylic acids is 1. The van der Waals surface area contributed by atoms with Gasteiger partial charge in [0.2, 0.25) is 5.91 Å². The zero-order valence-electron chi connectivity index (χ0n) is 13.3. The summed E-state index contributed by atoms with van der Waals surface area (Å²) >= 11 is 1.64. The van der Waals surface area contributed by atoms with Gasteiger partial charge in [-0.25, -0.2) is 5.01 Å². The summed E-state index contributed by atoms with van der Waals surface area (Å²) in [5.74, 6) is 1.35. The van der Waals surface area contributed by atoms with Crippen LogP contribution in [-0.4, -0.2) is 30.8 Å². The van der Waals surface area contributed by atoms with Crippen molar-refractivity contribution in [2.75, 3.05) is 14.2 Å². The van der Waals surface area contributed by atoms with Crippen molar-refractivity contribution in [1.29, 1.82) is 0 Å². The summed E-state index contributed by atoms with van der Waals surface area (Å²) in [5, 5.41) is 8.12. The highest BCUT2D eigenvalue weighted by Crippen LogP contribution is 2.37. The van der Waals surface area contributed by atoms with Gasteiger partial charge in [0, 0.05) is 29.9 Å². The summed E-state index contributed by atoms with van der Waals surface area (Å²) < 4.78 is 10.7. The van der Waals surface area contributed by atoms with Crippen molar-refractivity contribution in [1.82, 2.24) is 5.01 Å². The van der Waals surface area contributed by atoms with Crippen LogP contribution in [0.3, 0.4) is 0 Å². The second-order valence-corrected chi connectivity index (χ2v) is 6.19. The number of hydrogen-bond acceptors (Lipinski definition) is 5. The quantitative estimate of drug-likeness (QED) is 0.862. The molecule has 0 bridgehead atoms. The Bertz CT molecular complexity index is 740. The number of methoxy groups -OCH3 is 2. The molecule has 0 aliphatic carbocycles. The fourth-order valence-corrected chi connectivity index (χ4v) is 3.51. The second-order valence-electron chi connectivity index (χ2n) is 5.21. The molecule has 0 saturated heterocycles. The van der Waals surface area contributed by atoms with E-state index in [4.69, 9.17) is 9.47 Å². The molecule has 1 aromatic heterocycles. The van der Waals surface area contributed by atoms with Gasteiger partial charge in [0.15, 0.2) is 0 Å². The molecule has 0 fully saturated rings. The maximum Gasteiger partial charge on any atom is 0.240 e. The standard InChI is InChI=1S/C17H18N2O3S/c1-11(20)19-15(17-5-4-8-23-17)10-14(18-19)13-7-6-12(21-2)9-16(13)22-3/h4-9,15H,10H2,1-3H3. The van der Waals surface area contributed by atoms with E-state index in [1.54, 1.807) is 30.6 Å². The highest BCUT2D eigenvalue weighted by Gasteiger charge is 2.33. The SMILES string of the molecule is COc1ccc(C2=NN(C(C)=O)C(c3cccs3)C2)c(OC)c1. The Hall–Kier alpha value is -2.34. The third kappa shape index (κ3) is 2.94. The third-order valence-corrected chi connectivity index (χ3v) is 4.80. The molecule has 5 nitrogen and oxygen atoms in total. The second kappa shape index (κ2) is 6.42. The molecule has 2 heterocycles. The van der Waals surface area contributed by atoms with E-state index >= 15 is 0 Å². The van der Waals surface area contributed by atoms with Crippen LogP contribution in [0.25, 0.3) is 0 Å². The zero-order chi connectivity index (χ0) is 16.4. The molecule has 0 N–H and O–H groups in total. The molecular weight excluding hydrogens is 312 g/mol. The lowest BCUT2D eigenvalue weighted by Gasteiger charge is -2.18. The van der Waals surface area contributed by atoms with Gasteiger partial charge in [-0.2, -0.15) is 5.10 Å². The fraction of sp³-hybridized carbons (Fsp3) is 0.294. The van der Waals surface area contributed by atoms with Crippen LogP contribution in [0.5, 0.6) is 11.5 Å². The lowest BCUT2D eigenvalue weighted by atomic mass is 10.0. The van der Waals surface area contributed by atoms with E-state index in [0.29, 0.717) is 12.2 Å². The zero-order valence-corrected chi connectivity index (χ0v) is 14.1. The molecule has 6 heteroatoms. The van der Waals surface area contributed by atoms with Crippen molar-refractivity contribution in [3.05, 3.63) is 46.2 Å². The van der Waals surface area contributed by atoms with Gasteiger partial charge in [-0.05, 0) is 23.6 Å². The number of nitrogens with zero attached hydrogens (tertiary/aromatic N) is 2. The van der Waals surface area contributed by atoms with E-state index < -0.39 is 0 Å². The largest absolute Gasteiger partial charge is 0.497 e. The predicted molar refractivity (Wildman–Crippen MR) is 90.3 cm³/mol. The Labute approximate surface area is 139 Å². The van der Waals surface area contributed by atoms with Crippen molar-refractivity contribution in [3.63, 3.8) is 0 Å². The van der Waals surface area contributed by atoms with E-state index in [-0.39, 0.29) is 11.9 Å². The van der Waals surface area contributed by atoms with Crippen LogP contribution >= 0.6 is 11.3 Å². The maximum atomic E-state index is 12.0. The molecule has 0 radical (unpaired) electrons. The van der Waals surface area contributed by atoms with Gasteiger partial charge in [0.25, 0.3) is 0 Å². The molecular formula is C17H18N2O3S. The van der Waals surface area contributed by atoms with Crippen LogP contribution in [0, 0.1) is 0 Å². The van der Waals surface area contributed by atoms with Gasteiger partial charge in [0.05, 0.1) is 26.0 Å². The van der Waals surface area contributed by atoms with Crippen LogP contribution in [0.15, 0.2) is 40.8 Å². The first-order chi connectivity index (χ1) is 11.1. The Morgan fingerprint density at radius 3 is 2.74 bits per heavy atom. The summed E-state index contributed by atoms with van der Waals surface area (Å²) in [6.07, 6.45) is 0.669. The number of amides is 1. The Morgan fingerprint density at radius 1 is 1.30 bits per heavy atom. The smallest absolute Gasteiger partial charge is 0.240 e. The Kier molecular flexibility index (Phi) is 4.34. The predicted octanol–water partition coefficient (Wildman–Crippen LogP) is 3.46. The lowest BCUT2D eigenvalue weighted by molar-refractivity contribution is -0.130. The highest BCUT2D eigenvalue weighted by molar-refractivity contribution is 7.10. The van der Waals surface area contributed by atoms with Crippen molar-refractivity contribution in [2.45, 2.75) is 19.4 Å². The highest BCUT2D eigenvalue weighted by atomic mass is 32.1. The molecule has 23 heavy (non-hydrogen) atoms. The molecule has 0 spiro atoms. The van der Waals surface area contributed by atoms with Crippen LogP contribution < -0.4 is 9.47 Å². The first kappa shape index (κ1) is 15.6. The molecule has 2 aromatic rings. The first-order valence-electron chi connectivity index (χ1n) is 7.27. The summed E-state index contributed by atoms with van der Waals surface area (Å²) in [6, 6.07) is 9.60. The minimum atomic E-state index is -0.0640. The van der Waals surface area contributed by atoms with Crippen molar-refractivity contribution >= 4 is 23.0 Å². The van der Waals surface area contributed by atoms with E-state index in [1.165, 1.54) is 6.92 Å². The van der Waals surface area contributed by atoms with Crippen LogP contribution in [0.1, 0.15) is 29.8 Å². The molecule has 120 valence electrons. The number of ether oxygens (including phenoxy) is 2. The van der Waals surface area contributed by atoms with Crippen molar-refractivity contribution in [3.8, 4) is 11.5 Å². The first-order valence-corrected chi connectivity index (χ1v) is 8.15. The van der Waals surface area contributed by atoms with Crippen LogP contribution in [0.2, 0.25) is 0 Å². The number of carbonyl (C=O) groups is 1. The van der Waals surface area contributed by atoms with E-state index in [2.05, 4.69) is 5.10 Å². The average Bonchev–Trinajstić information content (AvgIpc) is 3.23. The van der Waals surface area contributed by atoms with Gasteiger partial charge in [0.1, 0.15) is 11.5 Å². The van der Waals surface area contributed by atoms with Gasteiger partial charge < -0.3 is 9.47 Å². The number of hydrazone groups is 1. The maximum absolute atomic E-state index is 12.0. The summed E-state index contributed by atoms with van der Waals surface area (Å²) in [4.78, 5) is 13.1. The third-order valence-electron chi connectivity index (χ3n) is 3.82. The monoisotopic (exact) mass is 330 g/mol. The number of thiophene rings is 1. The van der Waals surface area contributed by atoms with Crippen molar-refractivity contribution < 1.29 is 14.3 Å². The van der Waals surface area contributed by atoms with Gasteiger partial charge in [-0.1, -0.05) is 6.07 Å². The Balaban J connectivity index is 1.97. The number of benzene rings is 1.